The minimum atomic E-state index is -0.361. The standard InChI is InChI=1S/C14H11BrN2O2/c15-11-7-8-3-1-2-4-9(8)13(16-11)10-5-6-12(18)17-14(10)19/h1-4,7,10H,5-6H2,(H,17,18,19). The molecular weight excluding hydrogens is 308 g/mol. The number of halogens is 1. The molecule has 0 saturated carbocycles. The summed E-state index contributed by atoms with van der Waals surface area (Å²) in [5.74, 6) is -0.826. The van der Waals surface area contributed by atoms with Crippen LogP contribution in [-0.4, -0.2) is 16.8 Å². The molecule has 1 atom stereocenters. The first kappa shape index (κ1) is 12.3. The fourth-order valence-electron chi connectivity index (χ4n) is 2.41. The van der Waals surface area contributed by atoms with Crippen molar-refractivity contribution in [2.24, 2.45) is 0 Å². The molecule has 5 heteroatoms. The molecule has 1 aliphatic heterocycles. The van der Waals surface area contributed by atoms with Crippen molar-refractivity contribution in [3.63, 3.8) is 0 Å². The summed E-state index contributed by atoms with van der Waals surface area (Å²) in [6.45, 7) is 0. The van der Waals surface area contributed by atoms with Crippen molar-refractivity contribution in [1.82, 2.24) is 10.3 Å². The average molecular weight is 319 g/mol. The Morgan fingerprint density at radius 3 is 2.84 bits per heavy atom. The Hall–Kier alpha value is -1.75. The number of fused-ring (bicyclic) bond motifs is 1. The fourth-order valence-corrected chi connectivity index (χ4v) is 2.85. The van der Waals surface area contributed by atoms with Gasteiger partial charge in [0.2, 0.25) is 11.8 Å². The lowest BCUT2D eigenvalue weighted by atomic mass is 9.91. The summed E-state index contributed by atoms with van der Waals surface area (Å²) in [7, 11) is 0. The number of imide groups is 1. The Kier molecular flexibility index (Phi) is 3.06. The lowest BCUT2D eigenvalue weighted by molar-refractivity contribution is -0.134. The van der Waals surface area contributed by atoms with Gasteiger partial charge in [-0.15, -0.1) is 0 Å². The molecule has 1 aliphatic rings. The summed E-state index contributed by atoms with van der Waals surface area (Å²) in [6, 6.07) is 9.73. The molecule has 1 aromatic heterocycles. The van der Waals surface area contributed by atoms with E-state index in [0.717, 1.165) is 16.5 Å². The number of aromatic nitrogens is 1. The van der Waals surface area contributed by atoms with Gasteiger partial charge >= 0.3 is 0 Å². The number of amides is 2. The van der Waals surface area contributed by atoms with Gasteiger partial charge < -0.3 is 0 Å². The van der Waals surface area contributed by atoms with Gasteiger partial charge in [-0.25, -0.2) is 4.98 Å². The van der Waals surface area contributed by atoms with Crippen molar-refractivity contribution >= 4 is 38.5 Å². The Morgan fingerprint density at radius 1 is 1.26 bits per heavy atom. The second-order valence-electron chi connectivity index (χ2n) is 4.56. The Bertz CT molecular complexity index is 684. The quantitative estimate of drug-likeness (QED) is 0.649. The maximum Gasteiger partial charge on any atom is 0.235 e. The molecule has 1 fully saturated rings. The van der Waals surface area contributed by atoms with Crippen molar-refractivity contribution in [1.29, 1.82) is 0 Å². The van der Waals surface area contributed by atoms with Crippen LogP contribution in [0.2, 0.25) is 0 Å². The number of carbonyl (C=O) groups is 2. The highest BCUT2D eigenvalue weighted by atomic mass is 79.9. The molecule has 1 aromatic carbocycles. The summed E-state index contributed by atoms with van der Waals surface area (Å²) in [4.78, 5) is 27.6. The molecular formula is C14H11BrN2O2. The molecule has 2 aromatic rings. The van der Waals surface area contributed by atoms with Gasteiger partial charge in [0, 0.05) is 11.8 Å². The maximum atomic E-state index is 12.0. The van der Waals surface area contributed by atoms with Crippen molar-refractivity contribution in [2.45, 2.75) is 18.8 Å². The molecule has 0 bridgehead atoms. The summed E-state index contributed by atoms with van der Waals surface area (Å²) in [6.07, 6.45) is 0.872. The number of nitrogens with one attached hydrogen (secondary N) is 1. The van der Waals surface area contributed by atoms with Crippen molar-refractivity contribution in [2.75, 3.05) is 0 Å². The maximum absolute atomic E-state index is 12.0. The number of piperidine rings is 1. The molecule has 2 amide bonds. The Balaban J connectivity index is 2.14. The second-order valence-corrected chi connectivity index (χ2v) is 5.37. The highest BCUT2D eigenvalue weighted by molar-refractivity contribution is 9.10. The normalized spacial score (nSPS) is 19.5. The van der Waals surface area contributed by atoms with Crippen LogP contribution in [0.15, 0.2) is 34.9 Å². The van der Waals surface area contributed by atoms with Gasteiger partial charge in [0.25, 0.3) is 0 Å². The summed E-state index contributed by atoms with van der Waals surface area (Å²) in [5.41, 5.74) is 0.731. The number of rotatable bonds is 1. The molecule has 19 heavy (non-hydrogen) atoms. The molecule has 1 unspecified atom stereocenters. The van der Waals surface area contributed by atoms with E-state index in [1.165, 1.54) is 0 Å². The molecule has 1 saturated heterocycles. The van der Waals surface area contributed by atoms with E-state index < -0.39 is 0 Å². The van der Waals surface area contributed by atoms with Gasteiger partial charge in [-0.2, -0.15) is 0 Å². The fraction of sp³-hybridized carbons (Fsp3) is 0.214. The van der Waals surface area contributed by atoms with Crippen LogP contribution in [-0.2, 0) is 9.59 Å². The van der Waals surface area contributed by atoms with Crippen molar-refractivity contribution in [3.8, 4) is 0 Å². The zero-order valence-corrected chi connectivity index (χ0v) is 11.6. The first-order chi connectivity index (χ1) is 9.15. The van der Waals surface area contributed by atoms with E-state index in [1.807, 2.05) is 30.3 Å². The summed E-state index contributed by atoms with van der Waals surface area (Å²) < 4.78 is 0.700. The number of pyridine rings is 1. The number of hydrogen-bond donors (Lipinski definition) is 1. The second kappa shape index (κ2) is 4.74. The molecule has 96 valence electrons. The molecule has 1 N–H and O–H groups in total. The first-order valence-electron chi connectivity index (χ1n) is 6.04. The number of benzene rings is 1. The van der Waals surface area contributed by atoms with E-state index in [9.17, 15) is 9.59 Å². The SMILES string of the molecule is O=C1CCC(c2nc(Br)cc3ccccc23)C(=O)N1. The van der Waals surface area contributed by atoms with Crippen LogP contribution < -0.4 is 5.32 Å². The van der Waals surface area contributed by atoms with E-state index >= 15 is 0 Å². The minimum Gasteiger partial charge on any atom is -0.296 e. The minimum absolute atomic E-state index is 0.208. The zero-order chi connectivity index (χ0) is 13.4. The van der Waals surface area contributed by atoms with Crippen LogP contribution in [0.4, 0.5) is 0 Å². The first-order valence-corrected chi connectivity index (χ1v) is 6.83. The smallest absolute Gasteiger partial charge is 0.235 e. The molecule has 0 aliphatic carbocycles. The van der Waals surface area contributed by atoms with Crippen molar-refractivity contribution in [3.05, 3.63) is 40.6 Å². The third-order valence-electron chi connectivity index (χ3n) is 3.31. The van der Waals surface area contributed by atoms with Crippen LogP contribution in [0.5, 0.6) is 0 Å². The molecule has 3 rings (SSSR count). The summed E-state index contributed by atoms with van der Waals surface area (Å²) in [5, 5.41) is 4.37. The predicted molar refractivity (Wildman–Crippen MR) is 74.6 cm³/mol. The van der Waals surface area contributed by atoms with Gasteiger partial charge in [0.15, 0.2) is 0 Å². The zero-order valence-electron chi connectivity index (χ0n) is 10.0. The van der Waals surface area contributed by atoms with Crippen LogP contribution in [0.25, 0.3) is 10.8 Å². The van der Waals surface area contributed by atoms with Crippen LogP contribution >= 0.6 is 15.9 Å². The van der Waals surface area contributed by atoms with E-state index in [1.54, 1.807) is 0 Å². The Morgan fingerprint density at radius 2 is 2.05 bits per heavy atom. The third-order valence-corrected chi connectivity index (χ3v) is 3.71. The van der Waals surface area contributed by atoms with Gasteiger partial charge in [0.1, 0.15) is 4.60 Å². The van der Waals surface area contributed by atoms with Crippen LogP contribution in [0.3, 0.4) is 0 Å². The topological polar surface area (TPSA) is 59.1 Å². The van der Waals surface area contributed by atoms with E-state index in [2.05, 4.69) is 26.2 Å². The Labute approximate surface area is 118 Å². The predicted octanol–water partition coefficient (Wildman–Crippen LogP) is 2.52. The third kappa shape index (κ3) is 2.26. The largest absolute Gasteiger partial charge is 0.296 e. The molecule has 0 radical (unpaired) electrons. The van der Waals surface area contributed by atoms with Gasteiger partial charge in [0.05, 0.1) is 11.6 Å². The van der Waals surface area contributed by atoms with Crippen LogP contribution in [0.1, 0.15) is 24.5 Å². The van der Waals surface area contributed by atoms with Crippen LogP contribution in [0, 0.1) is 0 Å². The average Bonchev–Trinajstić information content (AvgIpc) is 2.38. The summed E-state index contributed by atoms with van der Waals surface area (Å²) >= 11 is 3.37. The lowest BCUT2D eigenvalue weighted by Crippen LogP contribution is -2.39. The monoisotopic (exact) mass is 318 g/mol. The number of nitrogens with zero attached hydrogens (tertiary/aromatic N) is 1. The molecule has 4 nitrogen and oxygen atoms in total. The molecule has 0 spiro atoms. The highest BCUT2D eigenvalue weighted by Gasteiger charge is 2.30. The van der Waals surface area contributed by atoms with E-state index in [4.69, 9.17) is 0 Å². The molecule has 2 heterocycles. The number of hydrogen-bond acceptors (Lipinski definition) is 3. The van der Waals surface area contributed by atoms with Gasteiger partial charge in [-0.1, -0.05) is 24.3 Å². The number of carbonyl (C=O) groups excluding carboxylic acids is 2. The van der Waals surface area contributed by atoms with Gasteiger partial charge in [-0.05, 0) is 33.8 Å². The highest BCUT2D eigenvalue weighted by Crippen LogP contribution is 2.31. The van der Waals surface area contributed by atoms with Gasteiger partial charge in [-0.3, -0.25) is 14.9 Å². The van der Waals surface area contributed by atoms with E-state index in [0.29, 0.717) is 17.4 Å². The van der Waals surface area contributed by atoms with E-state index in [-0.39, 0.29) is 17.7 Å². The van der Waals surface area contributed by atoms with Crippen molar-refractivity contribution < 1.29 is 9.59 Å². The lowest BCUT2D eigenvalue weighted by Gasteiger charge is -2.21.